The average Bonchev–Trinajstić information content (AvgIpc) is 3.19. The van der Waals surface area contributed by atoms with Gasteiger partial charge in [-0.15, -0.1) is 0 Å². The van der Waals surface area contributed by atoms with Gasteiger partial charge in [-0.2, -0.15) is 0 Å². The zero-order valence-corrected chi connectivity index (χ0v) is 18.6. The van der Waals surface area contributed by atoms with Gasteiger partial charge in [-0.05, 0) is 45.7 Å². The predicted octanol–water partition coefficient (Wildman–Crippen LogP) is 1.28. The second-order valence-corrected chi connectivity index (χ2v) is 8.79. The lowest BCUT2D eigenvalue weighted by Crippen LogP contribution is -2.51. The first-order valence-corrected chi connectivity index (χ1v) is 11.3. The van der Waals surface area contributed by atoms with Crippen LogP contribution in [0.3, 0.4) is 0 Å². The number of morpholine rings is 1. The van der Waals surface area contributed by atoms with Gasteiger partial charge < -0.3 is 9.64 Å². The van der Waals surface area contributed by atoms with E-state index in [1.165, 1.54) is 9.13 Å². The smallest absolute Gasteiger partial charge is 0.331 e. The third-order valence-corrected chi connectivity index (χ3v) is 6.40. The summed E-state index contributed by atoms with van der Waals surface area (Å²) in [6.07, 6.45) is 2.31. The average molecular weight is 429 g/mol. The van der Waals surface area contributed by atoms with Crippen molar-refractivity contribution < 1.29 is 9.53 Å². The molecule has 0 spiro atoms. The number of carbonyl (C=O) groups excluding carboxylic acids is 1. The first-order chi connectivity index (χ1) is 14.9. The summed E-state index contributed by atoms with van der Waals surface area (Å²) >= 11 is 0. The molecule has 0 radical (unpaired) electrons. The molecule has 2 aromatic rings. The Labute approximate surface area is 182 Å². The van der Waals surface area contributed by atoms with Crippen molar-refractivity contribution in [2.75, 3.05) is 26.2 Å². The Balaban J connectivity index is 1.57. The van der Waals surface area contributed by atoms with Gasteiger partial charge in [0.2, 0.25) is 5.91 Å². The molecule has 1 amide bonds. The fourth-order valence-corrected chi connectivity index (χ4v) is 5.11. The van der Waals surface area contributed by atoms with Crippen molar-refractivity contribution in [1.82, 2.24) is 18.9 Å². The fraction of sp³-hybridized carbons (Fsp3) is 0.609. The number of aromatic nitrogens is 2. The normalized spacial score (nSPS) is 24.7. The van der Waals surface area contributed by atoms with Gasteiger partial charge in [-0.25, -0.2) is 4.79 Å². The van der Waals surface area contributed by atoms with Crippen molar-refractivity contribution in [2.45, 2.75) is 65.0 Å². The molecule has 3 atom stereocenters. The lowest BCUT2D eigenvalue weighted by molar-refractivity contribution is -0.133. The lowest BCUT2D eigenvalue weighted by atomic mass is 10.1. The zero-order valence-electron chi connectivity index (χ0n) is 18.6. The molecule has 1 aromatic carbocycles. The van der Waals surface area contributed by atoms with Gasteiger partial charge in [-0.3, -0.25) is 23.6 Å². The number of para-hydroxylation sites is 1. The van der Waals surface area contributed by atoms with Gasteiger partial charge in [0.15, 0.2) is 0 Å². The summed E-state index contributed by atoms with van der Waals surface area (Å²) in [5, 5.41) is 0.464. The minimum atomic E-state index is -0.425. The Hall–Kier alpha value is -2.45. The number of amides is 1. The summed E-state index contributed by atoms with van der Waals surface area (Å²) in [4.78, 5) is 43.2. The number of nitrogens with zero attached hydrogens (tertiary/aromatic N) is 4. The van der Waals surface area contributed by atoms with E-state index in [4.69, 9.17) is 4.74 Å². The molecule has 31 heavy (non-hydrogen) atoms. The number of hydrogen-bond donors (Lipinski definition) is 0. The van der Waals surface area contributed by atoms with Crippen LogP contribution in [0.4, 0.5) is 0 Å². The Morgan fingerprint density at radius 1 is 1.10 bits per heavy atom. The number of rotatable bonds is 5. The first kappa shape index (κ1) is 21.8. The monoisotopic (exact) mass is 428 g/mol. The zero-order chi connectivity index (χ0) is 22.1. The molecule has 2 fully saturated rings. The van der Waals surface area contributed by atoms with Crippen molar-refractivity contribution in [1.29, 1.82) is 0 Å². The van der Waals surface area contributed by atoms with Crippen molar-refractivity contribution >= 4 is 16.8 Å². The number of benzene rings is 1. The second kappa shape index (κ2) is 8.96. The van der Waals surface area contributed by atoms with Crippen LogP contribution >= 0.6 is 0 Å². The number of ether oxygens (including phenoxy) is 1. The van der Waals surface area contributed by atoms with E-state index in [2.05, 4.69) is 18.7 Å². The van der Waals surface area contributed by atoms with Gasteiger partial charge in [0, 0.05) is 38.8 Å². The molecule has 2 aliphatic rings. The summed E-state index contributed by atoms with van der Waals surface area (Å²) in [5.74, 6) is -0.0644. The van der Waals surface area contributed by atoms with Gasteiger partial charge in [0.05, 0.1) is 23.1 Å². The van der Waals surface area contributed by atoms with Gasteiger partial charge in [0.1, 0.15) is 6.54 Å². The Bertz CT molecular complexity index is 1070. The summed E-state index contributed by atoms with van der Waals surface area (Å²) in [6, 6.07) is 7.16. The highest BCUT2D eigenvalue weighted by Gasteiger charge is 2.32. The highest BCUT2D eigenvalue weighted by Crippen LogP contribution is 2.21. The van der Waals surface area contributed by atoms with Crippen LogP contribution in [0.2, 0.25) is 0 Å². The third kappa shape index (κ3) is 4.32. The number of hydrogen-bond acceptors (Lipinski definition) is 5. The van der Waals surface area contributed by atoms with E-state index in [9.17, 15) is 14.4 Å². The maximum absolute atomic E-state index is 13.3. The van der Waals surface area contributed by atoms with E-state index in [0.717, 1.165) is 32.5 Å². The highest BCUT2D eigenvalue weighted by atomic mass is 16.5. The van der Waals surface area contributed by atoms with Gasteiger partial charge in [0.25, 0.3) is 5.56 Å². The standard InChI is InChI=1S/C23H32N4O4/c1-4-25-22(29)19-9-5-6-10-20(19)27(23(25)30)15-21(28)26-11-7-8-18(26)14-24-12-16(2)31-17(3)13-24/h5-6,9-10,16-18H,4,7-8,11-15H2,1-3H3. The SMILES string of the molecule is CCn1c(=O)c2ccccc2n(CC(=O)N2CCCC2CN2CC(C)OC(C)C2)c1=O. The summed E-state index contributed by atoms with van der Waals surface area (Å²) < 4.78 is 8.49. The molecule has 0 bridgehead atoms. The molecule has 3 unspecified atom stereocenters. The van der Waals surface area contributed by atoms with E-state index < -0.39 is 5.69 Å². The second-order valence-electron chi connectivity index (χ2n) is 8.79. The molecule has 3 heterocycles. The fourth-order valence-electron chi connectivity index (χ4n) is 5.11. The highest BCUT2D eigenvalue weighted by molar-refractivity contribution is 5.82. The number of likely N-dealkylation sites (tertiary alicyclic amines) is 1. The minimum Gasteiger partial charge on any atom is -0.373 e. The van der Waals surface area contributed by atoms with E-state index >= 15 is 0 Å². The number of fused-ring (bicyclic) bond motifs is 1. The van der Waals surface area contributed by atoms with Crippen LogP contribution in [0.5, 0.6) is 0 Å². The Morgan fingerprint density at radius 2 is 1.81 bits per heavy atom. The number of carbonyl (C=O) groups is 1. The summed E-state index contributed by atoms with van der Waals surface area (Å²) in [5.41, 5.74) is -0.213. The van der Waals surface area contributed by atoms with Crippen molar-refractivity contribution in [3.63, 3.8) is 0 Å². The van der Waals surface area contributed by atoms with Gasteiger partial charge in [-0.1, -0.05) is 12.1 Å². The van der Waals surface area contributed by atoms with Crippen LogP contribution in [0.15, 0.2) is 33.9 Å². The molecule has 2 aliphatic heterocycles. The maximum atomic E-state index is 13.3. The van der Waals surface area contributed by atoms with Crippen LogP contribution in [0, 0.1) is 0 Å². The van der Waals surface area contributed by atoms with E-state index in [1.807, 2.05) is 4.90 Å². The van der Waals surface area contributed by atoms with E-state index in [1.54, 1.807) is 31.2 Å². The van der Waals surface area contributed by atoms with Gasteiger partial charge >= 0.3 is 5.69 Å². The molecule has 4 rings (SSSR count). The lowest BCUT2D eigenvalue weighted by Gasteiger charge is -2.38. The van der Waals surface area contributed by atoms with Crippen molar-refractivity contribution in [2.24, 2.45) is 0 Å². The van der Waals surface area contributed by atoms with Crippen LogP contribution in [0.1, 0.15) is 33.6 Å². The Kier molecular flexibility index (Phi) is 6.29. The predicted molar refractivity (Wildman–Crippen MR) is 119 cm³/mol. The summed E-state index contributed by atoms with van der Waals surface area (Å²) in [7, 11) is 0. The van der Waals surface area contributed by atoms with Crippen LogP contribution < -0.4 is 11.2 Å². The van der Waals surface area contributed by atoms with Crippen molar-refractivity contribution in [3.8, 4) is 0 Å². The van der Waals surface area contributed by atoms with Crippen LogP contribution in [-0.4, -0.2) is 69.3 Å². The topological polar surface area (TPSA) is 76.8 Å². The molecular formula is C23H32N4O4. The summed E-state index contributed by atoms with van der Waals surface area (Å²) in [6.45, 7) is 9.43. The third-order valence-electron chi connectivity index (χ3n) is 6.40. The molecule has 8 heteroatoms. The largest absolute Gasteiger partial charge is 0.373 e. The van der Waals surface area contributed by atoms with E-state index in [-0.39, 0.29) is 42.8 Å². The van der Waals surface area contributed by atoms with Crippen LogP contribution in [0.25, 0.3) is 10.9 Å². The molecule has 0 aliphatic carbocycles. The van der Waals surface area contributed by atoms with Crippen LogP contribution in [-0.2, 0) is 22.6 Å². The Morgan fingerprint density at radius 3 is 2.52 bits per heavy atom. The molecule has 0 saturated carbocycles. The van der Waals surface area contributed by atoms with E-state index in [0.29, 0.717) is 17.4 Å². The maximum Gasteiger partial charge on any atom is 0.331 e. The van der Waals surface area contributed by atoms with Crippen molar-refractivity contribution in [3.05, 3.63) is 45.1 Å². The first-order valence-electron chi connectivity index (χ1n) is 11.3. The molecule has 2 saturated heterocycles. The molecule has 0 N–H and O–H groups in total. The minimum absolute atomic E-state index is 0.0496. The quantitative estimate of drug-likeness (QED) is 0.717. The molecule has 8 nitrogen and oxygen atoms in total. The molecule has 168 valence electrons. The molecular weight excluding hydrogens is 396 g/mol. The molecule has 1 aromatic heterocycles.